The largest absolute Gasteiger partial charge is 0.416 e. The van der Waals surface area contributed by atoms with Crippen LogP contribution in [0.2, 0.25) is 0 Å². The second kappa shape index (κ2) is 9.57. The van der Waals surface area contributed by atoms with Crippen LogP contribution in [-0.4, -0.2) is 39.1 Å². The molecule has 0 bridgehead atoms. The maximum atomic E-state index is 13.1. The molecular weight excluding hydrogens is 467 g/mol. The number of hydrogen-bond acceptors (Lipinski definition) is 5. The summed E-state index contributed by atoms with van der Waals surface area (Å²) in [5.74, 6) is -0.439. The zero-order chi connectivity index (χ0) is 24.5. The van der Waals surface area contributed by atoms with Gasteiger partial charge in [-0.1, -0.05) is 30.3 Å². The number of aromatic nitrogens is 2. The minimum Gasteiger partial charge on any atom is -0.395 e. The number of nitrogens with one attached hydrogen (secondary N) is 1. The van der Waals surface area contributed by atoms with Crippen molar-refractivity contribution in [3.63, 3.8) is 0 Å². The number of halogens is 3. The number of aliphatic hydroxyl groups excluding tert-OH is 2. The minimum absolute atomic E-state index is 0.0771. The van der Waals surface area contributed by atoms with Crippen molar-refractivity contribution in [2.45, 2.75) is 26.1 Å². The van der Waals surface area contributed by atoms with Crippen molar-refractivity contribution in [2.75, 3.05) is 13.2 Å². The molecule has 4 aromatic rings. The average molecular weight is 490 g/mol. The Morgan fingerprint density at radius 2 is 1.91 bits per heavy atom. The van der Waals surface area contributed by atoms with E-state index < -0.39 is 24.3 Å². The Kier molecular flexibility index (Phi) is 6.74. The van der Waals surface area contributed by atoms with Gasteiger partial charge in [0.05, 0.1) is 46.1 Å². The number of fused-ring (bicyclic) bond motifs is 1. The van der Waals surface area contributed by atoms with Crippen molar-refractivity contribution in [2.24, 2.45) is 0 Å². The normalized spacial score (nSPS) is 11.8. The van der Waals surface area contributed by atoms with Crippen molar-refractivity contribution < 1.29 is 28.2 Å². The van der Waals surface area contributed by atoms with Crippen LogP contribution in [-0.2, 0) is 19.2 Å². The van der Waals surface area contributed by atoms with Crippen molar-refractivity contribution in [3.05, 3.63) is 81.5 Å². The lowest BCUT2D eigenvalue weighted by Crippen LogP contribution is -2.27. The molecule has 2 aromatic heterocycles. The van der Waals surface area contributed by atoms with E-state index in [2.05, 4.69) is 10.4 Å². The maximum absolute atomic E-state index is 13.1. The first kappa shape index (κ1) is 23.9. The van der Waals surface area contributed by atoms with Gasteiger partial charge in [-0.15, -0.1) is 11.3 Å². The summed E-state index contributed by atoms with van der Waals surface area (Å²) in [6, 6.07) is 12.7. The van der Waals surface area contributed by atoms with Crippen molar-refractivity contribution in [1.29, 1.82) is 0 Å². The molecule has 2 aromatic carbocycles. The Morgan fingerprint density at radius 3 is 2.62 bits per heavy atom. The van der Waals surface area contributed by atoms with Gasteiger partial charge in [-0.3, -0.25) is 4.79 Å². The first-order valence-corrected chi connectivity index (χ1v) is 11.3. The van der Waals surface area contributed by atoms with Gasteiger partial charge in [-0.2, -0.15) is 18.3 Å². The SMILES string of the molecule is Cc1nn(-c2cccc3cc(Cc4cccc(C(F)(F)F)c4)sc23)c(CO)c1C(=O)NCCO. The lowest BCUT2D eigenvalue weighted by atomic mass is 10.1. The highest BCUT2D eigenvalue weighted by Crippen LogP contribution is 2.35. The summed E-state index contributed by atoms with van der Waals surface area (Å²) in [6.45, 7) is 1.10. The first-order chi connectivity index (χ1) is 16.2. The number of rotatable bonds is 7. The molecule has 1 amide bonds. The van der Waals surface area contributed by atoms with Gasteiger partial charge in [0.25, 0.3) is 5.91 Å². The van der Waals surface area contributed by atoms with E-state index in [1.54, 1.807) is 13.0 Å². The summed E-state index contributed by atoms with van der Waals surface area (Å²) in [5.41, 5.74) is 1.51. The van der Waals surface area contributed by atoms with E-state index in [9.17, 15) is 23.1 Å². The Labute approximate surface area is 197 Å². The molecule has 0 aliphatic carbocycles. The van der Waals surface area contributed by atoms with Crippen LogP contribution in [0.5, 0.6) is 0 Å². The highest BCUT2D eigenvalue weighted by Gasteiger charge is 2.30. The quantitative estimate of drug-likeness (QED) is 0.363. The van der Waals surface area contributed by atoms with Gasteiger partial charge >= 0.3 is 6.18 Å². The molecule has 0 saturated carbocycles. The van der Waals surface area contributed by atoms with Crippen molar-refractivity contribution in [3.8, 4) is 5.69 Å². The van der Waals surface area contributed by atoms with Gasteiger partial charge in [-0.25, -0.2) is 4.68 Å². The number of carbonyl (C=O) groups excluding carboxylic acids is 1. The lowest BCUT2D eigenvalue weighted by Gasteiger charge is -2.09. The number of carbonyl (C=O) groups is 1. The fourth-order valence-electron chi connectivity index (χ4n) is 3.89. The van der Waals surface area contributed by atoms with Crippen LogP contribution in [0, 0.1) is 6.92 Å². The van der Waals surface area contributed by atoms with Crippen molar-refractivity contribution >= 4 is 27.3 Å². The van der Waals surface area contributed by atoms with E-state index in [1.807, 2.05) is 24.3 Å². The molecule has 10 heteroatoms. The molecule has 178 valence electrons. The third kappa shape index (κ3) is 4.70. The number of hydrogen-bond donors (Lipinski definition) is 3. The van der Waals surface area contributed by atoms with Crippen molar-refractivity contribution in [1.82, 2.24) is 15.1 Å². The third-order valence-electron chi connectivity index (χ3n) is 5.37. The minimum atomic E-state index is -4.40. The molecule has 0 radical (unpaired) electrons. The zero-order valence-electron chi connectivity index (χ0n) is 18.2. The number of thiophene rings is 1. The summed E-state index contributed by atoms with van der Waals surface area (Å²) < 4.78 is 41.6. The topological polar surface area (TPSA) is 87.4 Å². The Hall–Kier alpha value is -3.21. The highest BCUT2D eigenvalue weighted by molar-refractivity contribution is 7.19. The summed E-state index contributed by atoms with van der Waals surface area (Å²) >= 11 is 1.43. The average Bonchev–Trinajstić information content (AvgIpc) is 3.36. The van der Waals surface area contributed by atoms with E-state index in [-0.39, 0.29) is 18.7 Å². The van der Waals surface area contributed by atoms with E-state index in [4.69, 9.17) is 5.11 Å². The fraction of sp³-hybridized carbons (Fsp3) is 0.250. The Bertz CT molecular complexity index is 1340. The Morgan fingerprint density at radius 1 is 1.15 bits per heavy atom. The molecule has 0 aliphatic rings. The highest BCUT2D eigenvalue weighted by atomic mass is 32.1. The molecule has 0 spiro atoms. The molecule has 0 unspecified atom stereocenters. The number of benzene rings is 2. The third-order valence-corrected chi connectivity index (χ3v) is 6.54. The van der Waals surface area contributed by atoms with Gasteiger partial charge in [0.2, 0.25) is 0 Å². The van der Waals surface area contributed by atoms with Crippen LogP contribution in [0.3, 0.4) is 0 Å². The van der Waals surface area contributed by atoms with E-state index >= 15 is 0 Å². The maximum Gasteiger partial charge on any atom is 0.416 e. The number of amides is 1. The predicted octanol–water partition coefficient (Wildman–Crippen LogP) is 4.22. The number of aryl methyl sites for hydroxylation is 1. The van der Waals surface area contributed by atoms with Crippen LogP contribution in [0.15, 0.2) is 48.5 Å². The van der Waals surface area contributed by atoms with Crippen LogP contribution < -0.4 is 5.32 Å². The molecule has 6 nitrogen and oxygen atoms in total. The fourth-order valence-corrected chi connectivity index (χ4v) is 5.08. The smallest absolute Gasteiger partial charge is 0.395 e. The molecule has 0 aliphatic heterocycles. The van der Waals surface area contributed by atoms with Gasteiger partial charge < -0.3 is 15.5 Å². The van der Waals surface area contributed by atoms with Gasteiger partial charge in [0.15, 0.2) is 0 Å². The molecule has 4 rings (SSSR count). The van der Waals surface area contributed by atoms with Gasteiger partial charge in [-0.05, 0) is 36.1 Å². The Balaban J connectivity index is 1.73. The zero-order valence-corrected chi connectivity index (χ0v) is 19.0. The van der Waals surface area contributed by atoms with E-state index in [0.717, 1.165) is 27.1 Å². The predicted molar refractivity (Wildman–Crippen MR) is 123 cm³/mol. The number of nitrogens with zero attached hydrogens (tertiary/aromatic N) is 2. The van der Waals surface area contributed by atoms with Gasteiger partial charge in [0, 0.05) is 17.8 Å². The van der Waals surface area contributed by atoms with E-state index in [1.165, 1.54) is 22.1 Å². The summed E-state index contributed by atoms with van der Waals surface area (Å²) in [4.78, 5) is 13.4. The van der Waals surface area contributed by atoms with Crippen LogP contribution >= 0.6 is 11.3 Å². The van der Waals surface area contributed by atoms with Crippen LogP contribution in [0.25, 0.3) is 15.8 Å². The summed E-state index contributed by atoms with van der Waals surface area (Å²) in [7, 11) is 0. The van der Waals surface area contributed by atoms with Crippen LogP contribution in [0.1, 0.15) is 37.7 Å². The number of aliphatic hydroxyl groups is 2. The van der Waals surface area contributed by atoms with Gasteiger partial charge in [0.1, 0.15) is 0 Å². The molecule has 0 atom stereocenters. The molecule has 0 fully saturated rings. The monoisotopic (exact) mass is 489 g/mol. The number of alkyl halides is 3. The second-order valence-electron chi connectivity index (χ2n) is 7.74. The second-order valence-corrected chi connectivity index (χ2v) is 8.88. The summed E-state index contributed by atoms with van der Waals surface area (Å²) in [6.07, 6.45) is -4.06. The molecular formula is C24H22F3N3O3S. The first-order valence-electron chi connectivity index (χ1n) is 10.5. The molecule has 2 heterocycles. The lowest BCUT2D eigenvalue weighted by molar-refractivity contribution is -0.137. The molecule has 3 N–H and O–H groups in total. The summed E-state index contributed by atoms with van der Waals surface area (Å²) in [5, 5.41) is 27.0. The molecule has 34 heavy (non-hydrogen) atoms. The van der Waals surface area contributed by atoms with E-state index in [0.29, 0.717) is 29.1 Å². The van der Waals surface area contributed by atoms with Crippen LogP contribution in [0.4, 0.5) is 13.2 Å². The standard InChI is InChI=1S/C24H22F3N3O3S/c1-14-21(23(33)28-8-9-31)20(13-32)30(29-14)19-7-3-5-16-12-18(34-22(16)19)11-15-4-2-6-17(10-15)24(25,26)27/h2-7,10,12,31-32H,8-9,11,13H2,1H3,(H,28,33). The molecule has 0 saturated heterocycles.